The molecule has 26 heavy (non-hydrogen) atoms. The van der Waals surface area contributed by atoms with Crippen molar-refractivity contribution in [2.75, 3.05) is 0 Å². The second kappa shape index (κ2) is 6.93. The Morgan fingerprint density at radius 3 is 2.88 bits per heavy atom. The van der Waals surface area contributed by atoms with Gasteiger partial charge in [-0.25, -0.2) is 4.98 Å². The highest BCUT2D eigenvalue weighted by Crippen LogP contribution is 2.33. The molecule has 0 aliphatic heterocycles. The van der Waals surface area contributed by atoms with Crippen molar-refractivity contribution in [3.63, 3.8) is 0 Å². The molecule has 4 rings (SSSR count). The van der Waals surface area contributed by atoms with E-state index in [1.54, 1.807) is 12.4 Å². The van der Waals surface area contributed by atoms with Crippen molar-refractivity contribution in [2.45, 2.75) is 17.3 Å². The van der Waals surface area contributed by atoms with Gasteiger partial charge in [0, 0.05) is 5.02 Å². The average molecular weight is 384 g/mol. The molecule has 2 aromatic carbocycles. The predicted molar refractivity (Wildman–Crippen MR) is 103 cm³/mol. The van der Waals surface area contributed by atoms with Crippen LogP contribution in [-0.4, -0.2) is 24.7 Å². The minimum atomic E-state index is -0.144. The van der Waals surface area contributed by atoms with Crippen molar-refractivity contribution in [3.8, 4) is 5.69 Å². The lowest BCUT2D eigenvalue weighted by Gasteiger charge is -2.12. The molecule has 0 saturated carbocycles. The van der Waals surface area contributed by atoms with Gasteiger partial charge in [-0.15, -0.1) is 10.2 Å². The summed E-state index contributed by atoms with van der Waals surface area (Å²) in [6.45, 7) is 1.97. The zero-order valence-corrected chi connectivity index (χ0v) is 15.3. The highest BCUT2D eigenvalue weighted by Gasteiger charge is 2.16. The maximum atomic E-state index is 12.3. The number of hydrogen-bond acceptors (Lipinski definition) is 5. The molecule has 1 N–H and O–H groups in total. The summed E-state index contributed by atoms with van der Waals surface area (Å²) < 4.78 is 1.85. The van der Waals surface area contributed by atoms with Gasteiger partial charge in [0.1, 0.15) is 12.2 Å². The molecule has 2 aromatic heterocycles. The van der Waals surface area contributed by atoms with E-state index in [4.69, 9.17) is 11.6 Å². The molecule has 0 fully saturated rings. The number of H-pyrrole nitrogens is 1. The van der Waals surface area contributed by atoms with Crippen molar-refractivity contribution in [2.24, 2.45) is 0 Å². The van der Waals surface area contributed by atoms with Crippen molar-refractivity contribution < 1.29 is 0 Å². The third kappa shape index (κ3) is 3.23. The third-order valence-corrected chi connectivity index (χ3v) is 5.20. The van der Waals surface area contributed by atoms with E-state index in [0.717, 1.165) is 5.69 Å². The fraction of sp³-hybridized carbons (Fsp3) is 0.111. The summed E-state index contributed by atoms with van der Waals surface area (Å²) in [6, 6.07) is 14.7. The van der Waals surface area contributed by atoms with Crippen LogP contribution in [0, 0.1) is 0 Å². The van der Waals surface area contributed by atoms with Crippen LogP contribution in [0.4, 0.5) is 0 Å². The van der Waals surface area contributed by atoms with Crippen LogP contribution in [0.5, 0.6) is 0 Å². The van der Waals surface area contributed by atoms with Crippen molar-refractivity contribution in [1.82, 2.24) is 24.7 Å². The molecular formula is C18H14ClN5OS. The van der Waals surface area contributed by atoms with E-state index in [9.17, 15) is 4.79 Å². The van der Waals surface area contributed by atoms with Gasteiger partial charge in [0.2, 0.25) is 0 Å². The monoisotopic (exact) mass is 383 g/mol. The number of nitrogens with one attached hydrogen (secondary N) is 1. The normalized spacial score (nSPS) is 12.4. The average Bonchev–Trinajstić information content (AvgIpc) is 3.10. The molecule has 1 unspecified atom stereocenters. The van der Waals surface area contributed by atoms with Gasteiger partial charge in [-0.05, 0) is 37.3 Å². The lowest BCUT2D eigenvalue weighted by atomic mass is 10.2. The van der Waals surface area contributed by atoms with Crippen LogP contribution >= 0.6 is 23.4 Å². The first-order chi connectivity index (χ1) is 12.6. The van der Waals surface area contributed by atoms with Crippen molar-refractivity contribution in [1.29, 1.82) is 0 Å². The Bertz CT molecular complexity index is 1140. The summed E-state index contributed by atoms with van der Waals surface area (Å²) in [5, 5.41) is 9.98. The van der Waals surface area contributed by atoms with E-state index in [1.807, 2.05) is 54.0 Å². The quantitative estimate of drug-likeness (QED) is 0.539. The number of aromatic nitrogens is 5. The van der Waals surface area contributed by atoms with E-state index < -0.39 is 0 Å². The molecule has 0 amide bonds. The Hall–Kier alpha value is -2.64. The Labute approximate surface area is 158 Å². The number of nitrogens with zero attached hydrogens (tertiary/aromatic N) is 4. The third-order valence-electron chi connectivity index (χ3n) is 3.90. The molecule has 2 heterocycles. The van der Waals surface area contributed by atoms with Crippen LogP contribution in [-0.2, 0) is 0 Å². The predicted octanol–water partition coefficient (Wildman–Crippen LogP) is 4.01. The minimum Gasteiger partial charge on any atom is -0.309 e. The van der Waals surface area contributed by atoms with E-state index in [2.05, 4.69) is 20.2 Å². The molecule has 1 atom stereocenters. The first-order valence-corrected chi connectivity index (χ1v) is 9.19. The smallest absolute Gasteiger partial charge is 0.258 e. The molecule has 0 radical (unpaired) electrons. The number of fused-ring (bicyclic) bond motifs is 1. The number of para-hydroxylation sites is 1. The van der Waals surface area contributed by atoms with Crippen LogP contribution in [0.2, 0.25) is 5.02 Å². The van der Waals surface area contributed by atoms with Gasteiger partial charge in [-0.1, -0.05) is 41.6 Å². The van der Waals surface area contributed by atoms with E-state index in [0.29, 0.717) is 26.9 Å². The second-order valence-corrected chi connectivity index (χ2v) is 7.44. The number of benzene rings is 2. The van der Waals surface area contributed by atoms with E-state index in [1.165, 1.54) is 11.8 Å². The molecule has 0 saturated heterocycles. The number of thioether (sulfide) groups is 1. The number of aromatic amines is 1. The summed E-state index contributed by atoms with van der Waals surface area (Å²) in [4.78, 5) is 19.7. The molecule has 0 aliphatic rings. The van der Waals surface area contributed by atoms with Crippen LogP contribution in [0.25, 0.3) is 16.6 Å². The van der Waals surface area contributed by atoms with Crippen LogP contribution in [0.15, 0.2) is 64.8 Å². The van der Waals surface area contributed by atoms with Crippen molar-refractivity contribution >= 4 is 34.3 Å². The summed E-state index contributed by atoms with van der Waals surface area (Å²) in [6.07, 6.45) is 1.64. The van der Waals surface area contributed by atoms with Gasteiger partial charge >= 0.3 is 0 Å². The Kier molecular flexibility index (Phi) is 4.48. The molecule has 0 spiro atoms. The molecule has 0 aliphatic carbocycles. The van der Waals surface area contributed by atoms with E-state index in [-0.39, 0.29) is 10.8 Å². The zero-order valence-electron chi connectivity index (χ0n) is 13.8. The lowest BCUT2D eigenvalue weighted by molar-refractivity contribution is 0.861. The van der Waals surface area contributed by atoms with Gasteiger partial charge in [0.15, 0.2) is 5.16 Å². The summed E-state index contributed by atoms with van der Waals surface area (Å²) in [7, 11) is 0. The van der Waals surface area contributed by atoms with Gasteiger partial charge in [0.25, 0.3) is 5.56 Å². The fourth-order valence-electron chi connectivity index (χ4n) is 2.62. The van der Waals surface area contributed by atoms with Gasteiger partial charge < -0.3 is 4.98 Å². The Morgan fingerprint density at radius 1 is 1.19 bits per heavy atom. The van der Waals surface area contributed by atoms with Crippen LogP contribution in [0.3, 0.4) is 0 Å². The fourth-order valence-corrected chi connectivity index (χ4v) is 3.70. The highest BCUT2D eigenvalue weighted by molar-refractivity contribution is 7.99. The van der Waals surface area contributed by atoms with Crippen LogP contribution in [0.1, 0.15) is 18.0 Å². The maximum Gasteiger partial charge on any atom is 0.258 e. The number of hydrogen-bond donors (Lipinski definition) is 1. The van der Waals surface area contributed by atoms with Gasteiger partial charge in [-0.2, -0.15) is 0 Å². The largest absolute Gasteiger partial charge is 0.309 e. The summed E-state index contributed by atoms with van der Waals surface area (Å²) in [5.74, 6) is 0.597. The van der Waals surface area contributed by atoms with E-state index >= 15 is 0 Å². The molecule has 0 bridgehead atoms. The molecule has 130 valence electrons. The molecule has 8 heteroatoms. The maximum absolute atomic E-state index is 12.3. The van der Waals surface area contributed by atoms with Gasteiger partial charge in [-0.3, -0.25) is 9.36 Å². The first kappa shape index (κ1) is 16.8. The zero-order chi connectivity index (χ0) is 18.1. The number of rotatable bonds is 4. The second-order valence-electron chi connectivity index (χ2n) is 5.69. The highest BCUT2D eigenvalue weighted by atomic mass is 35.5. The molecular weight excluding hydrogens is 370 g/mol. The van der Waals surface area contributed by atoms with Crippen molar-refractivity contribution in [3.05, 3.63) is 76.1 Å². The SMILES string of the molecule is CC(Sc1nncn1-c1cccc(Cl)c1)c1nc2ccccc2c(=O)[nH]1. The summed E-state index contributed by atoms with van der Waals surface area (Å²) >= 11 is 7.54. The number of halogens is 1. The Morgan fingerprint density at radius 2 is 2.04 bits per heavy atom. The van der Waals surface area contributed by atoms with Gasteiger partial charge in [0.05, 0.1) is 21.8 Å². The Balaban J connectivity index is 1.67. The molecule has 4 aromatic rings. The molecule has 6 nitrogen and oxygen atoms in total. The first-order valence-electron chi connectivity index (χ1n) is 7.93. The summed E-state index contributed by atoms with van der Waals surface area (Å²) in [5.41, 5.74) is 1.40. The van der Waals surface area contributed by atoms with Crippen LogP contribution < -0.4 is 5.56 Å². The lowest BCUT2D eigenvalue weighted by Crippen LogP contribution is -2.13. The minimum absolute atomic E-state index is 0.116. The topological polar surface area (TPSA) is 76.5 Å². The standard InChI is InChI=1S/C18H14ClN5OS/c1-11(16-21-15-8-3-2-7-14(15)17(25)22-16)26-18-23-20-10-24(18)13-6-4-5-12(19)9-13/h2-11H,1H3,(H,21,22,25).